The Hall–Kier alpha value is -2.78. The number of benzene rings is 2. The molecule has 2 aromatic carbocycles. The van der Waals surface area contributed by atoms with Gasteiger partial charge in [-0.3, -0.25) is 9.80 Å². The van der Waals surface area contributed by atoms with Crippen LogP contribution in [0.1, 0.15) is 92.0 Å². The highest BCUT2D eigenvalue weighted by Crippen LogP contribution is 2.40. The number of aliphatic hydroxyl groups is 2. The van der Waals surface area contributed by atoms with E-state index >= 15 is 0 Å². The minimum absolute atomic E-state index is 0.0180. The van der Waals surface area contributed by atoms with Crippen LogP contribution in [-0.2, 0) is 22.7 Å². The Bertz CT molecular complexity index is 1280. The highest BCUT2D eigenvalue weighted by molar-refractivity contribution is 5.94. The van der Waals surface area contributed by atoms with Gasteiger partial charge in [-0.15, -0.1) is 0 Å². The van der Waals surface area contributed by atoms with Crippen LogP contribution in [0, 0.1) is 13.8 Å². The normalized spacial score (nSPS) is 22.3. The second-order valence-electron chi connectivity index (χ2n) is 11.4. The lowest BCUT2D eigenvalue weighted by atomic mass is 9.89. The summed E-state index contributed by atoms with van der Waals surface area (Å²) < 4.78 is 10.4. The molecule has 1 saturated heterocycles. The van der Waals surface area contributed by atoms with Crippen molar-refractivity contribution >= 4 is 11.9 Å². The predicted octanol–water partition coefficient (Wildman–Crippen LogP) is 3.34. The number of ether oxygens (including phenoxy) is 2. The molecular formula is C30H36N2O6. The summed E-state index contributed by atoms with van der Waals surface area (Å²) in [7, 11) is 0. The largest absolute Gasteiger partial charge is 0.457 e. The molecule has 8 heteroatoms. The van der Waals surface area contributed by atoms with Crippen LogP contribution in [0.5, 0.6) is 0 Å². The number of fused-ring (bicyclic) bond motifs is 2. The molecule has 38 heavy (non-hydrogen) atoms. The van der Waals surface area contributed by atoms with Gasteiger partial charge in [0.1, 0.15) is 13.2 Å². The van der Waals surface area contributed by atoms with E-state index < -0.39 is 12.2 Å². The van der Waals surface area contributed by atoms with Crippen molar-refractivity contribution in [2.24, 2.45) is 0 Å². The Morgan fingerprint density at radius 3 is 1.89 bits per heavy atom. The van der Waals surface area contributed by atoms with Crippen LogP contribution >= 0.6 is 0 Å². The molecule has 8 nitrogen and oxygen atoms in total. The standard InChI is InChI=1S/C30H36N2O6/c1-18-20(5-7-22-24(18)15-37-28(22)35)26(33)13-31-11-12-32(30(17-31)9-3-4-10-30)14-27(34)21-6-8-23-25(19(21)2)16-38-29(23)36/h5-8,26-27,33-34H,3-4,9-17H2,1-2H3/t26-,27-/m0/s1. The lowest BCUT2D eigenvalue weighted by Gasteiger charge is -2.50. The van der Waals surface area contributed by atoms with Gasteiger partial charge >= 0.3 is 11.9 Å². The molecule has 2 atom stereocenters. The third-order valence-corrected chi connectivity index (χ3v) is 9.37. The van der Waals surface area contributed by atoms with E-state index in [0.717, 1.165) is 78.7 Å². The number of cyclic esters (lactones) is 2. The summed E-state index contributed by atoms with van der Waals surface area (Å²) in [4.78, 5) is 28.7. The number of aliphatic hydroxyl groups excluding tert-OH is 2. The summed E-state index contributed by atoms with van der Waals surface area (Å²) in [6.07, 6.45) is 3.19. The zero-order valence-corrected chi connectivity index (χ0v) is 22.2. The van der Waals surface area contributed by atoms with Crippen molar-refractivity contribution in [2.45, 2.75) is 70.5 Å². The Morgan fingerprint density at radius 1 is 0.816 bits per heavy atom. The number of carbonyl (C=O) groups is 2. The SMILES string of the molecule is Cc1c([C@@H](O)CN2CCN(C[C@H](O)c3ccc4c(c3C)COC4=O)C3(CCCC3)C2)ccc2c1COC2=O. The highest BCUT2D eigenvalue weighted by Gasteiger charge is 2.44. The first-order valence-electron chi connectivity index (χ1n) is 13.7. The number of β-amino-alcohol motifs (C(OH)–C–C–N with tert-alkyl or cyclic N) is 2. The van der Waals surface area contributed by atoms with Gasteiger partial charge in [-0.1, -0.05) is 25.0 Å². The van der Waals surface area contributed by atoms with Crippen molar-refractivity contribution < 1.29 is 29.3 Å². The molecule has 0 bridgehead atoms. The van der Waals surface area contributed by atoms with Crippen LogP contribution < -0.4 is 0 Å². The molecule has 2 aromatic rings. The molecule has 0 aromatic heterocycles. The first kappa shape index (κ1) is 25.5. The minimum Gasteiger partial charge on any atom is -0.457 e. The summed E-state index contributed by atoms with van der Waals surface area (Å²) in [5, 5.41) is 22.5. The Labute approximate surface area is 223 Å². The van der Waals surface area contributed by atoms with Crippen molar-refractivity contribution in [1.29, 1.82) is 0 Å². The van der Waals surface area contributed by atoms with E-state index in [1.165, 1.54) is 0 Å². The molecule has 6 rings (SSSR count). The maximum atomic E-state index is 11.9. The van der Waals surface area contributed by atoms with Crippen LogP contribution in [0.25, 0.3) is 0 Å². The summed E-state index contributed by atoms with van der Waals surface area (Å²) in [6.45, 7) is 8.04. The quantitative estimate of drug-likeness (QED) is 0.560. The molecular weight excluding hydrogens is 484 g/mol. The second kappa shape index (κ2) is 9.75. The van der Waals surface area contributed by atoms with Crippen LogP contribution in [0.3, 0.4) is 0 Å². The number of carbonyl (C=O) groups excluding carboxylic acids is 2. The molecule has 3 aliphatic heterocycles. The van der Waals surface area contributed by atoms with E-state index in [9.17, 15) is 19.8 Å². The Morgan fingerprint density at radius 2 is 1.34 bits per heavy atom. The van der Waals surface area contributed by atoms with Gasteiger partial charge in [0.25, 0.3) is 0 Å². The fraction of sp³-hybridized carbons (Fsp3) is 0.533. The third-order valence-electron chi connectivity index (χ3n) is 9.37. The first-order chi connectivity index (χ1) is 18.3. The van der Waals surface area contributed by atoms with Crippen LogP contribution in [0.15, 0.2) is 24.3 Å². The van der Waals surface area contributed by atoms with Gasteiger partial charge in [0.05, 0.1) is 23.3 Å². The molecule has 4 aliphatic rings. The lowest BCUT2D eigenvalue weighted by Crippen LogP contribution is -2.62. The first-order valence-corrected chi connectivity index (χ1v) is 13.7. The zero-order chi connectivity index (χ0) is 26.6. The van der Waals surface area contributed by atoms with Gasteiger partial charge in [-0.25, -0.2) is 9.59 Å². The van der Waals surface area contributed by atoms with Gasteiger partial charge in [0.2, 0.25) is 0 Å². The van der Waals surface area contributed by atoms with Gasteiger partial charge < -0.3 is 19.7 Å². The molecule has 3 heterocycles. The van der Waals surface area contributed by atoms with E-state index in [2.05, 4.69) is 9.80 Å². The Balaban J connectivity index is 1.16. The molecule has 0 radical (unpaired) electrons. The van der Waals surface area contributed by atoms with Crippen molar-refractivity contribution in [3.63, 3.8) is 0 Å². The number of rotatable bonds is 6. The highest BCUT2D eigenvalue weighted by atomic mass is 16.5. The van der Waals surface area contributed by atoms with Crippen molar-refractivity contribution in [3.8, 4) is 0 Å². The van der Waals surface area contributed by atoms with Crippen LogP contribution in [0.2, 0.25) is 0 Å². The number of piperazine rings is 1. The molecule has 0 unspecified atom stereocenters. The monoisotopic (exact) mass is 520 g/mol. The smallest absolute Gasteiger partial charge is 0.338 e. The third kappa shape index (κ3) is 4.24. The fourth-order valence-corrected chi connectivity index (χ4v) is 7.15. The molecule has 2 fully saturated rings. The number of esters is 2. The maximum absolute atomic E-state index is 11.9. The minimum atomic E-state index is -0.649. The zero-order valence-electron chi connectivity index (χ0n) is 22.2. The molecule has 202 valence electrons. The summed E-state index contributed by atoms with van der Waals surface area (Å²) in [5.41, 5.74) is 6.57. The summed E-state index contributed by atoms with van der Waals surface area (Å²) in [5.74, 6) is -0.577. The summed E-state index contributed by atoms with van der Waals surface area (Å²) in [6, 6.07) is 7.29. The fourth-order valence-electron chi connectivity index (χ4n) is 7.15. The molecule has 1 aliphatic carbocycles. The molecule has 1 saturated carbocycles. The van der Waals surface area contributed by atoms with E-state index in [-0.39, 0.29) is 30.7 Å². The van der Waals surface area contributed by atoms with Crippen molar-refractivity contribution in [1.82, 2.24) is 9.80 Å². The maximum Gasteiger partial charge on any atom is 0.338 e. The number of nitrogens with zero attached hydrogens (tertiary/aromatic N) is 2. The average molecular weight is 521 g/mol. The van der Waals surface area contributed by atoms with Gasteiger partial charge in [0, 0.05) is 49.4 Å². The van der Waals surface area contributed by atoms with Gasteiger partial charge in [-0.05, 0) is 61.1 Å². The van der Waals surface area contributed by atoms with Crippen molar-refractivity contribution in [3.05, 3.63) is 68.8 Å². The molecule has 0 amide bonds. The molecule has 2 N–H and O–H groups in total. The lowest BCUT2D eigenvalue weighted by molar-refractivity contribution is -0.0377. The average Bonchev–Trinajstić information content (AvgIpc) is 3.62. The van der Waals surface area contributed by atoms with Crippen molar-refractivity contribution in [2.75, 3.05) is 32.7 Å². The van der Waals surface area contributed by atoms with E-state index in [1.54, 1.807) is 12.1 Å². The van der Waals surface area contributed by atoms with Gasteiger partial charge in [-0.2, -0.15) is 0 Å². The van der Waals surface area contributed by atoms with Crippen LogP contribution in [0.4, 0.5) is 0 Å². The Kier molecular flexibility index (Phi) is 6.54. The predicted molar refractivity (Wildman–Crippen MR) is 140 cm³/mol. The van der Waals surface area contributed by atoms with Gasteiger partial charge in [0.15, 0.2) is 0 Å². The number of hydrogen-bond donors (Lipinski definition) is 2. The number of hydrogen-bond acceptors (Lipinski definition) is 8. The topological polar surface area (TPSA) is 99.5 Å². The van der Waals surface area contributed by atoms with E-state index in [4.69, 9.17) is 9.47 Å². The van der Waals surface area contributed by atoms with E-state index in [1.807, 2.05) is 26.0 Å². The van der Waals surface area contributed by atoms with E-state index in [0.29, 0.717) is 24.2 Å². The second-order valence-corrected chi connectivity index (χ2v) is 11.4. The van der Waals surface area contributed by atoms with Crippen LogP contribution in [-0.4, -0.2) is 70.2 Å². The summed E-state index contributed by atoms with van der Waals surface area (Å²) >= 11 is 0. The molecule has 1 spiro atoms.